The molecule has 1 amide bonds. The first-order chi connectivity index (χ1) is 14.0. The van der Waals surface area contributed by atoms with Crippen LogP contribution in [-0.4, -0.2) is 48.3 Å². The van der Waals surface area contributed by atoms with E-state index in [2.05, 4.69) is 0 Å². The maximum absolute atomic E-state index is 14.2. The van der Waals surface area contributed by atoms with Gasteiger partial charge >= 0.3 is 0 Å². The Hall–Kier alpha value is -2.31. The van der Waals surface area contributed by atoms with E-state index < -0.39 is 17.8 Å². The summed E-state index contributed by atoms with van der Waals surface area (Å²) >= 11 is 6.06. The van der Waals surface area contributed by atoms with E-state index >= 15 is 0 Å². The van der Waals surface area contributed by atoms with Crippen molar-refractivity contribution in [3.05, 3.63) is 58.9 Å². The zero-order valence-electron chi connectivity index (χ0n) is 16.1. The monoisotopic (exact) mass is 419 g/mol. The van der Waals surface area contributed by atoms with Crippen LogP contribution in [0.5, 0.6) is 11.5 Å². The lowest BCUT2D eigenvalue weighted by atomic mass is 9.78. The first kappa shape index (κ1) is 20.0. The summed E-state index contributed by atoms with van der Waals surface area (Å²) in [6.45, 7) is 0.971. The van der Waals surface area contributed by atoms with Gasteiger partial charge in [0.25, 0.3) is 5.91 Å². The van der Waals surface area contributed by atoms with Crippen LogP contribution in [0.4, 0.5) is 4.39 Å². The van der Waals surface area contributed by atoms with Crippen LogP contribution < -0.4 is 9.47 Å². The highest BCUT2D eigenvalue weighted by atomic mass is 35.5. The Morgan fingerprint density at radius 1 is 1.10 bits per heavy atom. The number of halogens is 2. The highest BCUT2D eigenvalue weighted by molar-refractivity contribution is 6.33. The highest BCUT2D eigenvalue weighted by Crippen LogP contribution is 2.40. The molecular weight excluding hydrogens is 397 g/mol. The van der Waals surface area contributed by atoms with Gasteiger partial charge in [-0.3, -0.25) is 4.79 Å². The number of nitrogens with zero attached hydrogens (tertiary/aromatic N) is 1. The van der Waals surface area contributed by atoms with Gasteiger partial charge in [0.15, 0.2) is 11.5 Å². The molecule has 29 heavy (non-hydrogen) atoms. The third-order valence-corrected chi connectivity index (χ3v) is 6.21. The first-order valence-electron chi connectivity index (χ1n) is 9.69. The largest absolute Gasteiger partial charge is 0.493 e. The number of benzene rings is 2. The number of methoxy groups -OCH3 is 1. The predicted molar refractivity (Wildman–Crippen MR) is 107 cm³/mol. The summed E-state index contributed by atoms with van der Waals surface area (Å²) in [5, 5.41) is 10.7. The zero-order chi connectivity index (χ0) is 20.5. The molecule has 4 atom stereocenters. The van der Waals surface area contributed by atoms with Crippen molar-refractivity contribution in [2.75, 3.05) is 20.2 Å². The molecule has 1 aliphatic heterocycles. The molecule has 2 aromatic rings. The third-order valence-electron chi connectivity index (χ3n) is 5.90. The Morgan fingerprint density at radius 2 is 1.79 bits per heavy atom. The smallest absolute Gasteiger partial charge is 0.258 e. The average Bonchev–Trinajstić information content (AvgIpc) is 3.11. The van der Waals surface area contributed by atoms with Crippen LogP contribution in [0.15, 0.2) is 42.5 Å². The minimum Gasteiger partial charge on any atom is -0.493 e. The number of carbonyl (C=O) groups is 1. The van der Waals surface area contributed by atoms with E-state index in [1.807, 2.05) is 24.3 Å². The van der Waals surface area contributed by atoms with Gasteiger partial charge in [-0.15, -0.1) is 0 Å². The molecule has 0 radical (unpaired) electrons. The van der Waals surface area contributed by atoms with Crippen molar-refractivity contribution in [3.8, 4) is 11.5 Å². The molecule has 0 aromatic heterocycles. The number of rotatable bonds is 4. The molecule has 1 heterocycles. The molecule has 1 saturated carbocycles. The molecule has 5 nitrogen and oxygen atoms in total. The van der Waals surface area contributed by atoms with Gasteiger partial charge < -0.3 is 19.5 Å². The standard InChI is InChI=1S/C22H23ClFNO4/c1-28-18-7-2-3-8-19(18)29-20-10-14-12-25(11-13(14)9-17(20)26)22(27)21-15(23)5-4-6-16(21)24/h2-8,13-14,17,20,26H,9-12H2,1H3/t13-,14+,17+,20+/m0/s1. The topological polar surface area (TPSA) is 59.0 Å². The van der Waals surface area contributed by atoms with E-state index in [-0.39, 0.29) is 28.5 Å². The number of amides is 1. The number of ether oxygens (including phenoxy) is 2. The van der Waals surface area contributed by atoms with Crippen LogP contribution >= 0.6 is 11.6 Å². The Labute approximate surface area is 174 Å². The SMILES string of the molecule is COc1ccccc1O[C@@H]1C[C@@H]2CN(C(=O)c3c(F)cccc3Cl)C[C@@H]2C[C@H]1O. The second-order valence-electron chi connectivity index (χ2n) is 7.67. The Balaban J connectivity index is 1.47. The lowest BCUT2D eigenvalue weighted by Crippen LogP contribution is -2.42. The Kier molecular flexibility index (Phi) is 5.65. The van der Waals surface area contributed by atoms with Crippen molar-refractivity contribution in [2.24, 2.45) is 11.8 Å². The number of hydrogen-bond acceptors (Lipinski definition) is 4. The fourth-order valence-corrected chi connectivity index (χ4v) is 4.67. The van der Waals surface area contributed by atoms with Crippen LogP contribution in [0, 0.1) is 17.7 Å². The van der Waals surface area contributed by atoms with E-state index in [4.69, 9.17) is 21.1 Å². The number of para-hydroxylation sites is 2. The first-order valence-corrected chi connectivity index (χ1v) is 10.1. The molecule has 0 spiro atoms. The van der Waals surface area contributed by atoms with E-state index in [1.165, 1.54) is 18.2 Å². The van der Waals surface area contributed by atoms with Crippen LogP contribution in [-0.2, 0) is 0 Å². The molecule has 0 unspecified atom stereocenters. The normalized spacial score (nSPS) is 26.1. The van der Waals surface area contributed by atoms with E-state index in [0.717, 1.165) is 0 Å². The van der Waals surface area contributed by atoms with Crippen molar-refractivity contribution in [3.63, 3.8) is 0 Å². The summed E-state index contributed by atoms with van der Waals surface area (Å²) in [5.74, 6) is 0.499. The van der Waals surface area contributed by atoms with Gasteiger partial charge in [-0.05, 0) is 48.9 Å². The molecule has 1 aliphatic carbocycles. The molecule has 2 aromatic carbocycles. The van der Waals surface area contributed by atoms with Crippen LogP contribution in [0.3, 0.4) is 0 Å². The summed E-state index contributed by atoms with van der Waals surface area (Å²) in [6, 6.07) is 11.6. The Morgan fingerprint density at radius 3 is 2.48 bits per heavy atom. The molecule has 4 rings (SSSR count). The number of carbonyl (C=O) groups excluding carboxylic acids is 1. The van der Waals surface area contributed by atoms with Crippen molar-refractivity contribution in [2.45, 2.75) is 25.0 Å². The van der Waals surface area contributed by atoms with Crippen LogP contribution in [0.25, 0.3) is 0 Å². The fourth-order valence-electron chi connectivity index (χ4n) is 4.42. The van der Waals surface area contributed by atoms with Gasteiger partial charge in [-0.25, -0.2) is 4.39 Å². The van der Waals surface area contributed by atoms with Gasteiger partial charge in [0, 0.05) is 13.1 Å². The van der Waals surface area contributed by atoms with Crippen molar-refractivity contribution in [1.29, 1.82) is 0 Å². The number of aliphatic hydroxyl groups is 1. The number of likely N-dealkylation sites (tertiary alicyclic amines) is 1. The molecule has 2 aliphatic rings. The highest BCUT2D eigenvalue weighted by Gasteiger charge is 2.44. The summed E-state index contributed by atoms with van der Waals surface area (Å²) in [7, 11) is 1.57. The summed E-state index contributed by atoms with van der Waals surface area (Å²) in [5.41, 5.74) is -0.0878. The second-order valence-corrected chi connectivity index (χ2v) is 8.08. The maximum Gasteiger partial charge on any atom is 0.258 e. The van der Waals surface area contributed by atoms with Gasteiger partial charge in [-0.1, -0.05) is 29.8 Å². The van der Waals surface area contributed by atoms with Crippen molar-refractivity contribution < 1.29 is 23.8 Å². The summed E-state index contributed by atoms with van der Waals surface area (Å²) in [6.07, 6.45) is 0.102. The molecule has 1 saturated heterocycles. The lowest BCUT2D eigenvalue weighted by molar-refractivity contribution is -0.0240. The van der Waals surface area contributed by atoms with Crippen LogP contribution in [0.1, 0.15) is 23.2 Å². The second kappa shape index (κ2) is 8.20. The van der Waals surface area contributed by atoms with E-state index in [1.54, 1.807) is 12.0 Å². The molecule has 0 bridgehead atoms. The Bertz CT molecular complexity index is 888. The van der Waals surface area contributed by atoms with Gasteiger partial charge in [0.05, 0.1) is 23.8 Å². The summed E-state index contributed by atoms with van der Waals surface area (Å²) in [4.78, 5) is 14.5. The molecular formula is C22H23ClFNO4. The van der Waals surface area contributed by atoms with E-state index in [9.17, 15) is 14.3 Å². The van der Waals surface area contributed by atoms with Gasteiger partial charge in [-0.2, -0.15) is 0 Å². The summed E-state index contributed by atoms with van der Waals surface area (Å²) < 4.78 is 25.5. The molecule has 7 heteroatoms. The van der Waals surface area contributed by atoms with Crippen LogP contribution in [0.2, 0.25) is 5.02 Å². The van der Waals surface area contributed by atoms with Crippen molar-refractivity contribution >= 4 is 17.5 Å². The minimum atomic E-state index is -0.645. The minimum absolute atomic E-state index is 0.0878. The number of hydrogen-bond donors (Lipinski definition) is 1. The fraction of sp³-hybridized carbons (Fsp3) is 0.409. The molecule has 1 N–H and O–H groups in total. The van der Waals surface area contributed by atoms with Gasteiger partial charge in [0.2, 0.25) is 0 Å². The third kappa shape index (κ3) is 3.91. The lowest BCUT2D eigenvalue weighted by Gasteiger charge is -2.35. The zero-order valence-corrected chi connectivity index (χ0v) is 16.8. The molecule has 154 valence electrons. The number of aliphatic hydroxyl groups excluding tert-OH is 1. The predicted octanol–water partition coefficient (Wildman–Crippen LogP) is 3.78. The van der Waals surface area contributed by atoms with Crippen molar-refractivity contribution in [1.82, 2.24) is 4.90 Å². The molecule has 2 fully saturated rings. The van der Waals surface area contributed by atoms with Gasteiger partial charge in [0.1, 0.15) is 11.9 Å². The maximum atomic E-state index is 14.2. The average molecular weight is 420 g/mol. The quantitative estimate of drug-likeness (QED) is 0.819. The number of fused-ring (bicyclic) bond motifs is 1. The van der Waals surface area contributed by atoms with E-state index in [0.29, 0.717) is 37.4 Å².